The number of hydrogen-bond donors (Lipinski definition) is 2. The van der Waals surface area contributed by atoms with Gasteiger partial charge in [-0.2, -0.15) is 4.31 Å². The summed E-state index contributed by atoms with van der Waals surface area (Å²) in [5, 5.41) is 23.9. The molecule has 1 fully saturated rings. The van der Waals surface area contributed by atoms with Gasteiger partial charge in [0, 0.05) is 29.2 Å². The lowest BCUT2D eigenvalue weighted by Crippen LogP contribution is -2.40. The van der Waals surface area contributed by atoms with E-state index in [1.54, 1.807) is 22.8 Å². The summed E-state index contributed by atoms with van der Waals surface area (Å²) in [5.41, 5.74) is 4.51. The van der Waals surface area contributed by atoms with Gasteiger partial charge in [0.15, 0.2) is 5.69 Å². The summed E-state index contributed by atoms with van der Waals surface area (Å²) in [6, 6.07) is 17.9. The van der Waals surface area contributed by atoms with Gasteiger partial charge in [-0.3, -0.25) is 0 Å². The Hall–Kier alpha value is -3.35. The number of hydrogen-bond acceptors (Lipinski definition) is 6. The number of thiocarbonyl (C=S) groups is 1. The van der Waals surface area contributed by atoms with Gasteiger partial charge in [0.25, 0.3) is 0 Å². The highest BCUT2D eigenvalue weighted by Gasteiger charge is 2.28. The van der Waals surface area contributed by atoms with E-state index in [4.69, 9.17) is 28.6 Å². The predicted octanol–water partition coefficient (Wildman–Crippen LogP) is 6.17. The van der Waals surface area contributed by atoms with Crippen molar-refractivity contribution < 1.29 is 18.3 Å². The number of azo groups is 1. The van der Waals surface area contributed by atoms with E-state index in [0.717, 1.165) is 22.4 Å². The van der Waals surface area contributed by atoms with Gasteiger partial charge in [0.1, 0.15) is 0 Å². The Balaban J connectivity index is 1.55. The first-order chi connectivity index (χ1) is 19.1. The van der Waals surface area contributed by atoms with E-state index in [-0.39, 0.29) is 34.7 Å². The van der Waals surface area contributed by atoms with E-state index in [9.17, 15) is 13.5 Å². The number of aryl methyl sites for hydroxylation is 2. The second kappa shape index (κ2) is 11.6. The minimum Gasteiger partial charge on any atom is -0.493 e. The lowest BCUT2D eigenvalue weighted by atomic mass is 10.1. The van der Waals surface area contributed by atoms with Crippen molar-refractivity contribution in [3.63, 3.8) is 0 Å². The molecule has 4 aromatic rings. The molecule has 0 radical (unpaired) electrons. The second-order valence-corrected chi connectivity index (χ2v) is 12.3. The van der Waals surface area contributed by atoms with Gasteiger partial charge in [0.05, 0.1) is 30.2 Å². The maximum Gasteiger partial charge on any atom is 0.243 e. The van der Waals surface area contributed by atoms with Gasteiger partial charge in [-0.1, -0.05) is 29.8 Å². The number of benzene rings is 3. The highest BCUT2D eigenvalue weighted by molar-refractivity contribution is 7.89. The summed E-state index contributed by atoms with van der Waals surface area (Å²) in [4.78, 5) is 0.0953. The fourth-order valence-corrected chi connectivity index (χ4v) is 6.44. The van der Waals surface area contributed by atoms with Crippen LogP contribution in [0.4, 0.5) is 11.4 Å². The summed E-state index contributed by atoms with van der Waals surface area (Å²) in [6.07, 6.45) is 0. The van der Waals surface area contributed by atoms with Crippen molar-refractivity contribution in [1.29, 1.82) is 0 Å². The summed E-state index contributed by atoms with van der Waals surface area (Å²) in [7, 11) is -3.78. The Kier molecular flexibility index (Phi) is 8.20. The van der Waals surface area contributed by atoms with Crippen LogP contribution in [0.3, 0.4) is 0 Å². The summed E-state index contributed by atoms with van der Waals surface area (Å²) < 4.78 is 35.1. The molecule has 1 aliphatic rings. The number of anilines is 1. The largest absolute Gasteiger partial charge is 0.493 e. The quantitative estimate of drug-likeness (QED) is 0.203. The van der Waals surface area contributed by atoms with E-state index >= 15 is 0 Å². The standard InChI is InChI=1S/C28H28ClN5O4S2/c1-18-13-19(2)15-22(14-18)30-28(39)32-31-26-24-16-23(40(36,37)33-9-11-38-12-10-33)7-8-25(24)34(27(26)35)17-20-3-5-21(29)6-4-20/h3-8,13-16,35H,9-12,17H2,1-2H3,(H,30,39). The zero-order valence-corrected chi connectivity index (χ0v) is 24.4. The number of sulfonamides is 1. The molecule has 3 aromatic carbocycles. The molecule has 1 aliphatic heterocycles. The molecule has 0 aliphatic carbocycles. The van der Waals surface area contributed by atoms with Crippen molar-refractivity contribution in [3.8, 4) is 5.88 Å². The van der Waals surface area contributed by atoms with E-state index in [1.807, 2.05) is 44.2 Å². The third-order valence-electron chi connectivity index (χ3n) is 6.56. The van der Waals surface area contributed by atoms with E-state index in [2.05, 4.69) is 15.5 Å². The molecule has 2 N–H and O–H groups in total. The van der Waals surface area contributed by atoms with Gasteiger partial charge in [0.2, 0.25) is 21.0 Å². The van der Waals surface area contributed by atoms with Crippen LogP contribution in [0.2, 0.25) is 5.02 Å². The number of nitrogens with one attached hydrogen (secondary N) is 1. The Morgan fingerprint density at radius 1 is 1.05 bits per heavy atom. The van der Waals surface area contributed by atoms with E-state index in [1.165, 1.54) is 16.4 Å². The number of aromatic hydroxyl groups is 1. The lowest BCUT2D eigenvalue weighted by Gasteiger charge is -2.26. The van der Waals surface area contributed by atoms with Gasteiger partial charge in [-0.05, 0) is 85.2 Å². The maximum absolute atomic E-state index is 13.4. The summed E-state index contributed by atoms with van der Waals surface area (Å²) in [6.45, 7) is 5.49. The first-order valence-corrected chi connectivity index (χ1v) is 14.8. The second-order valence-electron chi connectivity index (χ2n) is 9.59. The topological polar surface area (TPSA) is 109 Å². The molecule has 12 heteroatoms. The highest BCUT2D eigenvalue weighted by Crippen LogP contribution is 2.41. The first-order valence-electron chi connectivity index (χ1n) is 12.6. The number of ether oxygens (including phenoxy) is 1. The number of nitrogens with zero attached hydrogens (tertiary/aromatic N) is 4. The van der Waals surface area contributed by atoms with Crippen LogP contribution in [0.1, 0.15) is 16.7 Å². The molecular formula is C28H28ClN5O4S2. The average molecular weight is 598 g/mol. The molecule has 1 aromatic heterocycles. The molecule has 0 atom stereocenters. The number of rotatable bonds is 6. The predicted molar refractivity (Wildman–Crippen MR) is 160 cm³/mol. The van der Waals surface area contributed by atoms with Crippen molar-refractivity contribution in [2.45, 2.75) is 25.3 Å². The van der Waals surface area contributed by atoms with Crippen molar-refractivity contribution in [2.75, 3.05) is 31.6 Å². The zero-order valence-electron chi connectivity index (χ0n) is 22.0. The van der Waals surface area contributed by atoms with Gasteiger partial charge >= 0.3 is 0 Å². The molecule has 2 heterocycles. The van der Waals surface area contributed by atoms with Crippen LogP contribution in [-0.2, 0) is 21.3 Å². The first kappa shape index (κ1) is 28.2. The molecule has 0 spiro atoms. The summed E-state index contributed by atoms with van der Waals surface area (Å²) >= 11 is 11.4. The molecular weight excluding hydrogens is 570 g/mol. The molecule has 9 nitrogen and oxygen atoms in total. The van der Waals surface area contributed by atoms with Crippen LogP contribution < -0.4 is 5.32 Å². The van der Waals surface area contributed by atoms with Crippen molar-refractivity contribution >= 4 is 61.2 Å². The Morgan fingerprint density at radius 2 is 1.73 bits per heavy atom. The Labute approximate surface area is 243 Å². The molecule has 0 bridgehead atoms. The SMILES string of the molecule is Cc1cc(C)cc(NC(=S)N=Nc2c(O)n(Cc3ccc(Cl)cc3)c3ccc(S(=O)(=O)N4CCOCC4)cc23)c1. The summed E-state index contributed by atoms with van der Waals surface area (Å²) in [5.74, 6) is -0.163. The number of halogens is 1. The molecule has 1 saturated heterocycles. The number of fused-ring (bicyclic) bond motifs is 1. The fourth-order valence-electron chi connectivity index (χ4n) is 4.72. The van der Waals surface area contributed by atoms with Crippen LogP contribution in [0.25, 0.3) is 10.9 Å². The number of morpholine rings is 1. The smallest absolute Gasteiger partial charge is 0.243 e. The Morgan fingerprint density at radius 3 is 2.40 bits per heavy atom. The van der Waals surface area contributed by atoms with Gasteiger partial charge in [-0.15, -0.1) is 10.2 Å². The van der Waals surface area contributed by atoms with E-state index < -0.39 is 10.0 Å². The van der Waals surface area contributed by atoms with Crippen LogP contribution in [0, 0.1) is 13.8 Å². The van der Waals surface area contributed by atoms with Crippen LogP contribution >= 0.6 is 23.8 Å². The van der Waals surface area contributed by atoms with Crippen molar-refractivity contribution in [3.05, 3.63) is 82.4 Å². The van der Waals surface area contributed by atoms with E-state index in [0.29, 0.717) is 35.7 Å². The van der Waals surface area contributed by atoms with Gasteiger partial charge < -0.3 is 19.7 Å². The van der Waals surface area contributed by atoms with Crippen molar-refractivity contribution in [2.24, 2.45) is 10.2 Å². The monoisotopic (exact) mass is 597 g/mol. The van der Waals surface area contributed by atoms with Crippen LogP contribution in [0.15, 0.2) is 75.8 Å². The lowest BCUT2D eigenvalue weighted by molar-refractivity contribution is 0.0730. The highest BCUT2D eigenvalue weighted by atomic mass is 35.5. The molecule has 0 unspecified atom stereocenters. The molecule has 40 heavy (non-hydrogen) atoms. The van der Waals surface area contributed by atoms with Gasteiger partial charge in [-0.25, -0.2) is 8.42 Å². The third-order valence-corrected chi connectivity index (χ3v) is 8.89. The normalized spacial score (nSPS) is 14.7. The maximum atomic E-state index is 13.4. The number of aromatic nitrogens is 1. The van der Waals surface area contributed by atoms with Crippen LogP contribution in [-0.4, -0.2) is 53.8 Å². The minimum absolute atomic E-state index is 0.0953. The third kappa shape index (κ3) is 6.03. The fraction of sp³-hybridized carbons (Fsp3) is 0.250. The average Bonchev–Trinajstić information content (AvgIpc) is 3.18. The minimum atomic E-state index is -3.78. The molecule has 0 amide bonds. The zero-order chi connectivity index (χ0) is 28.4. The van der Waals surface area contributed by atoms with Crippen LogP contribution in [0.5, 0.6) is 5.88 Å². The molecule has 208 valence electrons. The van der Waals surface area contributed by atoms with Crippen molar-refractivity contribution in [1.82, 2.24) is 8.87 Å². The molecule has 5 rings (SSSR count). The Bertz CT molecular complexity index is 1690. The molecule has 0 saturated carbocycles.